The third-order valence-electron chi connectivity index (χ3n) is 5.36. The smallest absolute Gasteiger partial charge is 0.330 e. The van der Waals surface area contributed by atoms with E-state index in [1.165, 1.54) is 0 Å². The summed E-state index contributed by atoms with van der Waals surface area (Å²) in [5.74, 6) is 0.307. The number of carbonyl (C=O) groups excluding carboxylic acids is 1. The minimum Gasteiger partial charge on any atom is -0.491 e. The van der Waals surface area contributed by atoms with Crippen LogP contribution in [0.5, 0.6) is 5.75 Å². The summed E-state index contributed by atoms with van der Waals surface area (Å²) >= 11 is 0. The molecule has 0 unspecified atom stereocenters. The lowest BCUT2D eigenvalue weighted by Gasteiger charge is -2.09. The molecule has 0 aliphatic carbocycles. The van der Waals surface area contributed by atoms with Gasteiger partial charge in [0.25, 0.3) is 0 Å². The van der Waals surface area contributed by atoms with Gasteiger partial charge in [-0.05, 0) is 24.3 Å². The number of hydrogen-bond acceptors (Lipinski definition) is 14. The molecule has 0 saturated heterocycles. The van der Waals surface area contributed by atoms with Gasteiger partial charge in [0.05, 0.1) is 132 Å². The van der Waals surface area contributed by atoms with Crippen LogP contribution < -0.4 is 10.5 Å². The SMILES string of the molecule is C=CC(=O)OCCOCCOCCOCCOCCOCCOCCOCCOCCOCCOCCOc1ccc(N)cc1. The van der Waals surface area contributed by atoms with E-state index in [9.17, 15) is 4.79 Å². The van der Waals surface area contributed by atoms with Crippen molar-refractivity contribution in [1.29, 1.82) is 0 Å². The molecule has 0 radical (unpaired) electrons. The Labute approximate surface area is 267 Å². The summed E-state index contributed by atoms with van der Waals surface area (Å²) in [6.45, 7) is 13.5. The van der Waals surface area contributed by atoms with Gasteiger partial charge in [-0.1, -0.05) is 6.58 Å². The zero-order valence-corrected chi connectivity index (χ0v) is 26.5. The lowest BCUT2D eigenvalue weighted by atomic mass is 10.3. The van der Waals surface area contributed by atoms with E-state index in [-0.39, 0.29) is 6.61 Å². The van der Waals surface area contributed by atoms with Crippen molar-refractivity contribution in [2.24, 2.45) is 0 Å². The van der Waals surface area contributed by atoms with Crippen molar-refractivity contribution in [3.8, 4) is 5.75 Å². The summed E-state index contributed by atoms with van der Waals surface area (Å²) < 4.78 is 64.6. The molecule has 1 aromatic rings. The second-order valence-corrected chi connectivity index (χ2v) is 8.91. The lowest BCUT2D eigenvalue weighted by Crippen LogP contribution is -2.15. The van der Waals surface area contributed by atoms with E-state index in [1.807, 2.05) is 12.1 Å². The Morgan fingerprint density at radius 3 is 1.02 bits per heavy atom. The van der Waals surface area contributed by atoms with Gasteiger partial charge in [-0.2, -0.15) is 0 Å². The summed E-state index contributed by atoms with van der Waals surface area (Å²) in [5, 5.41) is 0. The molecular weight excluding hydrogens is 594 g/mol. The Morgan fingerprint density at radius 1 is 0.467 bits per heavy atom. The monoisotopic (exact) mass is 647 g/mol. The summed E-state index contributed by atoms with van der Waals surface area (Å²) in [4.78, 5) is 10.8. The molecule has 1 rings (SSSR count). The number of anilines is 1. The maximum Gasteiger partial charge on any atom is 0.330 e. The first-order valence-corrected chi connectivity index (χ1v) is 15.3. The first-order chi connectivity index (χ1) is 22.2. The van der Waals surface area contributed by atoms with Crippen LogP contribution in [0.1, 0.15) is 0 Å². The van der Waals surface area contributed by atoms with Crippen LogP contribution >= 0.6 is 0 Å². The minimum absolute atomic E-state index is 0.197. The van der Waals surface area contributed by atoms with Crippen LogP contribution in [0.3, 0.4) is 0 Å². The van der Waals surface area contributed by atoms with Gasteiger partial charge in [-0.25, -0.2) is 4.79 Å². The molecule has 0 aliphatic heterocycles. The molecule has 0 aliphatic rings. The zero-order valence-electron chi connectivity index (χ0n) is 26.5. The largest absolute Gasteiger partial charge is 0.491 e. The first-order valence-electron chi connectivity index (χ1n) is 15.3. The van der Waals surface area contributed by atoms with E-state index < -0.39 is 5.97 Å². The standard InChI is InChI=1S/C31H53NO13/c1-2-31(33)45-28-26-43-24-22-41-20-18-39-16-14-37-12-10-35-8-7-34-9-11-36-13-15-38-17-19-40-21-23-42-25-27-44-30-5-3-29(32)4-6-30/h2-6H,1,7-28,32H2. The second-order valence-electron chi connectivity index (χ2n) is 8.91. The van der Waals surface area contributed by atoms with Crippen LogP contribution in [-0.4, -0.2) is 151 Å². The van der Waals surface area contributed by atoms with Crippen LogP contribution in [0.4, 0.5) is 5.69 Å². The topological polar surface area (TPSA) is 154 Å². The van der Waals surface area contributed by atoms with E-state index in [2.05, 4.69) is 6.58 Å². The quantitative estimate of drug-likeness (QED) is 0.0490. The molecule has 2 N–H and O–H groups in total. The molecule has 0 aromatic heterocycles. The van der Waals surface area contributed by atoms with Crippen LogP contribution in [0.15, 0.2) is 36.9 Å². The molecule has 45 heavy (non-hydrogen) atoms. The van der Waals surface area contributed by atoms with Gasteiger partial charge < -0.3 is 62.6 Å². The van der Waals surface area contributed by atoms with Crippen molar-refractivity contribution in [2.75, 3.05) is 151 Å². The Kier molecular flexibility index (Phi) is 29.8. The predicted octanol–water partition coefficient (Wildman–Crippen LogP) is 1.54. The van der Waals surface area contributed by atoms with Crippen LogP contribution in [0.25, 0.3) is 0 Å². The number of nitrogens with two attached hydrogens (primary N) is 1. The number of ether oxygens (including phenoxy) is 12. The number of benzene rings is 1. The molecule has 1 aromatic carbocycles. The Morgan fingerprint density at radius 2 is 0.733 bits per heavy atom. The van der Waals surface area contributed by atoms with Gasteiger partial charge in [-0.3, -0.25) is 0 Å². The highest BCUT2D eigenvalue weighted by Crippen LogP contribution is 2.12. The molecule has 0 heterocycles. The first kappa shape index (κ1) is 40.7. The number of rotatable bonds is 35. The number of nitrogen functional groups attached to an aromatic ring is 1. The molecule has 0 amide bonds. The van der Waals surface area contributed by atoms with Gasteiger partial charge in [0.15, 0.2) is 0 Å². The van der Waals surface area contributed by atoms with Gasteiger partial charge in [-0.15, -0.1) is 0 Å². The fourth-order valence-corrected chi connectivity index (χ4v) is 3.12. The Hall–Kier alpha value is -2.37. The fraction of sp³-hybridized carbons (Fsp3) is 0.710. The van der Waals surface area contributed by atoms with Crippen LogP contribution in [-0.2, 0) is 56.9 Å². The molecule has 0 bridgehead atoms. The van der Waals surface area contributed by atoms with Crippen molar-refractivity contribution in [1.82, 2.24) is 0 Å². The Bertz CT molecular complexity index is 785. The minimum atomic E-state index is -0.460. The molecule has 14 heteroatoms. The number of carbonyl (C=O) groups is 1. The maximum atomic E-state index is 10.8. The van der Waals surface area contributed by atoms with Gasteiger partial charge in [0, 0.05) is 11.8 Å². The van der Waals surface area contributed by atoms with Crippen molar-refractivity contribution in [3.63, 3.8) is 0 Å². The second kappa shape index (κ2) is 33.0. The lowest BCUT2D eigenvalue weighted by molar-refractivity contribution is -0.139. The summed E-state index contributed by atoms with van der Waals surface area (Å²) in [6.07, 6.45) is 1.11. The molecule has 260 valence electrons. The van der Waals surface area contributed by atoms with Gasteiger partial charge in [0.2, 0.25) is 0 Å². The van der Waals surface area contributed by atoms with Crippen molar-refractivity contribution in [3.05, 3.63) is 36.9 Å². The van der Waals surface area contributed by atoms with Gasteiger partial charge >= 0.3 is 5.97 Å². The number of hydrogen-bond donors (Lipinski definition) is 1. The summed E-state index contributed by atoms with van der Waals surface area (Å²) in [7, 11) is 0. The molecule has 0 saturated carbocycles. The van der Waals surface area contributed by atoms with E-state index in [0.717, 1.165) is 11.8 Å². The average molecular weight is 648 g/mol. The van der Waals surface area contributed by atoms with E-state index in [0.29, 0.717) is 144 Å². The van der Waals surface area contributed by atoms with Gasteiger partial charge in [0.1, 0.15) is 19.0 Å². The highest BCUT2D eigenvalue weighted by atomic mass is 16.6. The average Bonchev–Trinajstić information content (AvgIpc) is 3.05. The van der Waals surface area contributed by atoms with Crippen molar-refractivity contribution >= 4 is 11.7 Å². The normalized spacial score (nSPS) is 11.1. The van der Waals surface area contributed by atoms with E-state index >= 15 is 0 Å². The molecular formula is C31H53NO13. The molecule has 0 fully saturated rings. The summed E-state index contributed by atoms with van der Waals surface area (Å²) in [5.41, 5.74) is 6.34. The van der Waals surface area contributed by atoms with Crippen molar-refractivity contribution in [2.45, 2.75) is 0 Å². The molecule has 14 nitrogen and oxygen atoms in total. The molecule has 0 atom stereocenters. The highest BCUT2D eigenvalue weighted by molar-refractivity contribution is 5.81. The fourth-order valence-electron chi connectivity index (χ4n) is 3.12. The third kappa shape index (κ3) is 30.1. The zero-order chi connectivity index (χ0) is 32.3. The Balaban J connectivity index is 1.63. The summed E-state index contributed by atoms with van der Waals surface area (Å²) in [6, 6.07) is 7.25. The van der Waals surface area contributed by atoms with E-state index in [4.69, 9.17) is 62.6 Å². The van der Waals surface area contributed by atoms with E-state index in [1.54, 1.807) is 12.1 Å². The predicted molar refractivity (Wildman–Crippen MR) is 166 cm³/mol. The number of esters is 1. The maximum absolute atomic E-state index is 10.8. The van der Waals surface area contributed by atoms with Crippen LogP contribution in [0, 0.1) is 0 Å². The van der Waals surface area contributed by atoms with Crippen molar-refractivity contribution < 1.29 is 61.6 Å². The van der Waals surface area contributed by atoms with Crippen LogP contribution in [0.2, 0.25) is 0 Å². The highest BCUT2D eigenvalue weighted by Gasteiger charge is 1.98. The third-order valence-corrected chi connectivity index (χ3v) is 5.36. The molecule has 0 spiro atoms.